The first kappa shape index (κ1) is 14.2. The molecule has 0 amide bonds. The van der Waals surface area contributed by atoms with Gasteiger partial charge in [0.2, 0.25) is 0 Å². The van der Waals surface area contributed by atoms with Gasteiger partial charge in [0.1, 0.15) is 0 Å². The molecule has 0 aliphatic carbocycles. The number of hydrogen-bond acceptors (Lipinski definition) is 3. The second-order valence-corrected chi connectivity index (χ2v) is 7.09. The van der Waals surface area contributed by atoms with Crippen molar-refractivity contribution in [2.75, 3.05) is 6.54 Å². The lowest BCUT2D eigenvalue weighted by Gasteiger charge is -2.19. The predicted molar refractivity (Wildman–Crippen MR) is 83.7 cm³/mol. The van der Waals surface area contributed by atoms with Crippen molar-refractivity contribution in [2.24, 2.45) is 0 Å². The van der Waals surface area contributed by atoms with E-state index in [1.165, 1.54) is 15.4 Å². The number of aromatic nitrogens is 1. The van der Waals surface area contributed by atoms with Gasteiger partial charge in [0.05, 0.1) is 10.7 Å². The van der Waals surface area contributed by atoms with Gasteiger partial charge in [-0.1, -0.05) is 30.3 Å². The van der Waals surface area contributed by atoms with Gasteiger partial charge < -0.3 is 5.32 Å². The highest BCUT2D eigenvalue weighted by atomic mass is 32.1. The number of hydrogen-bond donors (Lipinski definition) is 1. The Hall–Kier alpha value is -1.19. The van der Waals surface area contributed by atoms with Crippen LogP contribution in [0.1, 0.15) is 30.7 Å². The number of thiazole rings is 1. The van der Waals surface area contributed by atoms with Crippen LogP contribution in [0.15, 0.2) is 30.3 Å². The molecule has 1 N–H and O–H groups in total. The molecule has 102 valence electrons. The zero-order valence-electron chi connectivity index (χ0n) is 12.2. The smallest absolute Gasteiger partial charge is 0.0948 e. The molecule has 2 nitrogen and oxygen atoms in total. The van der Waals surface area contributed by atoms with Crippen LogP contribution >= 0.6 is 11.3 Å². The zero-order valence-corrected chi connectivity index (χ0v) is 13.0. The molecule has 0 saturated heterocycles. The van der Waals surface area contributed by atoms with E-state index in [0.29, 0.717) is 0 Å². The third-order valence-electron chi connectivity index (χ3n) is 2.88. The molecule has 19 heavy (non-hydrogen) atoms. The summed E-state index contributed by atoms with van der Waals surface area (Å²) in [6.07, 6.45) is 0.996. The van der Waals surface area contributed by atoms with E-state index in [4.69, 9.17) is 4.98 Å². The van der Waals surface area contributed by atoms with Crippen LogP contribution in [-0.4, -0.2) is 17.1 Å². The van der Waals surface area contributed by atoms with Crippen LogP contribution in [0, 0.1) is 6.92 Å². The predicted octanol–water partition coefficient (Wildman–Crippen LogP) is 4.05. The van der Waals surface area contributed by atoms with Crippen LogP contribution in [0.25, 0.3) is 11.3 Å². The molecule has 0 saturated carbocycles. The normalized spacial score (nSPS) is 11.8. The van der Waals surface area contributed by atoms with E-state index in [0.717, 1.165) is 18.7 Å². The number of aryl methyl sites for hydroxylation is 1. The molecule has 1 aromatic carbocycles. The van der Waals surface area contributed by atoms with E-state index in [9.17, 15) is 0 Å². The molecule has 0 radical (unpaired) electrons. The second kappa shape index (κ2) is 5.85. The van der Waals surface area contributed by atoms with E-state index in [2.05, 4.69) is 57.3 Å². The van der Waals surface area contributed by atoms with Crippen LogP contribution < -0.4 is 5.32 Å². The van der Waals surface area contributed by atoms with Gasteiger partial charge in [-0.2, -0.15) is 0 Å². The average Bonchev–Trinajstić information content (AvgIpc) is 2.70. The number of rotatable bonds is 4. The fourth-order valence-electron chi connectivity index (χ4n) is 1.97. The molecule has 3 heteroatoms. The summed E-state index contributed by atoms with van der Waals surface area (Å²) in [6.45, 7) is 9.70. The zero-order chi connectivity index (χ0) is 13.9. The minimum Gasteiger partial charge on any atom is -0.312 e. The largest absolute Gasteiger partial charge is 0.312 e. The Morgan fingerprint density at radius 3 is 2.47 bits per heavy atom. The Labute approximate surface area is 119 Å². The first-order valence-electron chi connectivity index (χ1n) is 6.72. The summed E-state index contributed by atoms with van der Waals surface area (Å²) in [7, 11) is 0. The molecule has 0 aliphatic heterocycles. The molecule has 2 rings (SSSR count). The molecule has 0 bridgehead atoms. The second-order valence-electron chi connectivity index (χ2n) is 5.81. The molecular formula is C16H22N2S. The highest BCUT2D eigenvalue weighted by molar-refractivity contribution is 7.12. The molecular weight excluding hydrogens is 252 g/mol. The van der Waals surface area contributed by atoms with Gasteiger partial charge in [0, 0.05) is 28.9 Å². The van der Waals surface area contributed by atoms with E-state index >= 15 is 0 Å². The average molecular weight is 274 g/mol. The molecule has 2 aromatic rings. The monoisotopic (exact) mass is 274 g/mol. The fraction of sp³-hybridized carbons (Fsp3) is 0.438. The topological polar surface area (TPSA) is 24.9 Å². The molecule has 0 spiro atoms. The fourth-order valence-corrected chi connectivity index (χ4v) is 2.92. The van der Waals surface area contributed by atoms with Crippen LogP contribution in [0.5, 0.6) is 0 Å². The lowest BCUT2D eigenvalue weighted by Crippen LogP contribution is -2.37. The Balaban J connectivity index is 2.05. The summed E-state index contributed by atoms with van der Waals surface area (Å²) in [5.41, 5.74) is 2.52. The molecule has 1 heterocycles. The van der Waals surface area contributed by atoms with Crippen molar-refractivity contribution in [1.29, 1.82) is 0 Å². The van der Waals surface area contributed by atoms with E-state index in [1.807, 2.05) is 17.4 Å². The van der Waals surface area contributed by atoms with Crippen LogP contribution in [0.3, 0.4) is 0 Å². The van der Waals surface area contributed by atoms with Crippen LogP contribution in [-0.2, 0) is 6.42 Å². The Morgan fingerprint density at radius 2 is 1.84 bits per heavy atom. The Morgan fingerprint density at radius 1 is 1.16 bits per heavy atom. The van der Waals surface area contributed by atoms with E-state index in [-0.39, 0.29) is 5.54 Å². The van der Waals surface area contributed by atoms with Gasteiger partial charge >= 0.3 is 0 Å². The van der Waals surface area contributed by atoms with Gasteiger partial charge in [-0.3, -0.25) is 0 Å². The molecule has 1 aromatic heterocycles. The van der Waals surface area contributed by atoms with Crippen LogP contribution in [0.4, 0.5) is 0 Å². The van der Waals surface area contributed by atoms with Gasteiger partial charge in [-0.05, 0) is 27.7 Å². The van der Waals surface area contributed by atoms with Crippen molar-refractivity contribution >= 4 is 11.3 Å². The molecule has 0 atom stereocenters. The highest BCUT2D eigenvalue weighted by Crippen LogP contribution is 2.27. The summed E-state index contributed by atoms with van der Waals surface area (Å²) in [6, 6.07) is 10.4. The summed E-state index contributed by atoms with van der Waals surface area (Å²) in [5, 5.41) is 4.72. The van der Waals surface area contributed by atoms with Gasteiger partial charge in [0.15, 0.2) is 0 Å². The number of benzene rings is 1. The van der Waals surface area contributed by atoms with Gasteiger partial charge in [0.25, 0.3) is 0 Å². The quantitative estimate of drug-likeness (QED) is 0.910. The summed E-state index contributed by atoms with van der Waals surface area (Å²) in [4.78, 5) is 6.08. The third kappa shape index (κ3) is 4.15. The molecule has 0 aliphatic rings. The third-order valence-corrected chi connectivity index (χ3v) is 3.91. The lowest BCUT2D eigenvalue weighted by molar-refractivity contribution is 0.429. The van der Waals surface area contributed by atoms with Crippen LogP contribution in [0.2, 0.25) is 0 Å². The van der Waals surface area contributed by atoms with Crippen molar-refractivity contribution < 1.29 is 0 Å². The maximum absolute atomic E-state index is 4.78. The standard InChI is InChI=1S/C16H22N2S/c1-12-15(13-8-6-5-7-9-13)18-14(19-12)10-11-17-16(2,3)4/h5-9,17H,10-11H2,1-4H3. The van der Waals surface area contributed by atoms with Gasteiger partial charge in [-0.25, -0.2) is 4.98 Å². The molecule has 0 unspecified atom stereocenters. The number of nitrogens with one attached hydrogen (secondary N) is 1. The SMILES string of the molecule is Cc1sc(CCNC(C)(C)C)nc1-c1ccccc1. The van der Waals surface area contributed by atoms with Crippen molar-refractivity contribution in [3.8, 4) is 11.3 Å². The Bertz CT molecular complexity index is 523. The van der Waals surface area contributed by atoms with Gasteiger partial charge in [-0.15, -0.1) is 11.3 Å². The Kier molecular flexibility index (Phi) is 4.38. The number of nitrogens with zero attached hydrogens (tertiary/aromatic N) is 1. The van der Waals surface area contributed by atoms with Crippen molar-refractivity contribution in [3.05, 3.63) is 40.2 Å². The van der Waals surface area contributed by atoms with E-state index < -0.39 is 0 Å². The van der Waals surface area contributed by atoms with E-state index in [1.54, 1.807) is 0 Å². The molecule has 0 fully saturated rings. The first-order chi connectivity index (χ1) is 8.96. The summed E-state index contributed by atoms with van der Waals surface area (Å²) < 4.78 is 0. The van der Waals surface area contributed by atoms with Crippen molar-refractivity contribution in [1.82, 2.24) is 10.3 Å². The van der Waals surface area contributed by atoms with Crippen molar-refractivity contribution in [2.45, 2.75) is 39.7 Å². The maximum Gasteiger partial charge on any atom is 0.0948 e. The summed E-state index contributed by atoms with van der Waals surface area (Å²) in [5.74, 6) is 0. The highest BCUT2D eigenvalue weighted by Gasteiger charge is 2.11. The lowest BCUT2D eigenvalue weighted by atomic mass is 10.1. The minimum atomic E-state index is 0.175. The first-order valence-corrected chi connectivity index (χ1v) is 7.54. The minimum absolute atomic E-state index is 0.175. The van der Waals surface area contributed by atoms with Crippen molar-refractivity contribution in [3.63, 3.8) is 0 Å². The maximum atomic E-state index is 4.78. The summed E-state index contributed by atoms with van der Waals surface area (Å²) >= 11 is 1.81.